The van der Waals surface area contributed by atoms with Crippen LogP contribution in [0.15, 0.2) is 29.3 Å². The minimum atomic E-state index is 0. The molecule has 1 N–H and O–H groups in total. The minimum absolute atomic E-state index is 0. The number of benzene rings is 1. The Morgan fingerprint density at radius 3 is 2.39 bits per heavy atom. The molecule has 2 heterocycles. The number of halogens is 1. The summed E-state index contributed by atoms with van der Waals surface area (Å²) in [6.07, 6.45) is 2.58. The van der Waals surface area contributed by atoms with E-state index in [1.807, 2.05) is 11.8 Å². The number of likely N-dealkylation sites (tertiary alicyclic amines) is 1. The summed E-state index contributed by atoms with van der Waals surface area (Å²) in [4.78, 5) is 9.75. The third kappa shape index (κ3) is 6.99. The number of piperidine rings is 1. The van der Waals surface area contributed by atoms with Crippen LogP contribution in [0.25, 0.3) is 0 Å². The predicted octanol–water partition coefficient (Wildman–Crippen LogP) is 3.82. The summed E-state index contributed by atoms with van der Waals surface area (Å²) < 4.78 is 5.77. The highest BCUT2D eigenvalue weighted by molar-refractivity contribution is 14.0. The summed E-state index contributed by atoms with van der Waals surface area (Å²) >= 11 is 2.05. The third-order valence-corrected chi connectivity index (χ3v) is 6.15. The van der Waals surface area contributed by atoms with Gasteiger partial charge in [0.15, 0.2) is 5.96 Å². The van der Waals surface area contributed by atoms with Crippen LogP contribution < -0.4 is 10.2 Å². The van der Waals surface area contributed by atoms with Gasteiger partial charge in [-0.2, -0.15) is 11.8 Å². The number of guanidine groups is 1. The number of anilines is 1. The van der Waals surface area contributed by atoms with Crippen molar-refractivity contribution >= 4 is 47.4 Å². The predicted molar refractivity (Wildman–Crippen MR) is 132 cm³/mol. The molecule has 2 fully saturated rings. The molecule has 0 atom stereocenters. The van der Waals surface area contributed by atoms with Gasteiger partial charge in [0.1, 0.15) is 0 Å². The Labute approximate surface area is 191 Å². The molecule has 2 saturated heterocycles. The topological polar surface area (TPSA) is 40.1 Å². The van der Waals surface area contributed by atoms with Crippen LogP contribution in [0.4, 0.5) is 5.69 Å². The Balaban J connectivity index is 0.00000280. The summed E-state index contributed by atoms with van der Waals surface area (Å²) in [5.41, 5.74) is 2.61. The van der Waals surface area contributed by atoms with Gasteiger partial charge in [-0.15, -0.1) is 24.0 Å². The number of rotatable bonds is 6. The van der Waals surface area contributed by atoms with Crippen molar-refractivity contribution in [3.05, 3.63) is 29.8 Å². The Morgan fingerprint density at radius 2 is 1.79 bits per heavy atom. The molecule has 0 saturated carbocycles. The zero-order valence-corrected chi connectivity index (χ0v) is 20.4. The lowest BCUT2D eigenvalue weighted by molar-refractivity contribution is 0.0263. The molecule has 1 aromatic carbocycles. The number of ether oxygens (including phenoxy) is 1. The molecule has 0 spiro atoms. The molecule has 3 rings (SSSR count). The number of thioether (sulfide) groups is 1. The van der Waals surface area contributed by atoms with Gasteiger partial charge in [-0.05, 0) is 44.4 Å². The van der Waals surface area contributed by atoms with Gasteiger partial charge in [0.05, 0.1) is 12.6 Å². The molecule has 2 aliphatic heterocycles. The maximum Gasteiger partial charge on any atom is 0.194 e. The monoisotopic (exact) mass is 518 g/mol. The smallest absolute Gasteiger partial charge is 0.194 e. The summed E-state index contributed by atoms with van der Waals surface area (Å²) in [6, 6.07) is 8.96. The van der Waals surface area contributed by atoms with Crippen LogP contribution in [0, 0.1) is 0 Å². The molecular formula is C21H35IN4OS. The van der Waals surface area contributed by atoms with Gasteiger partial charge in [-0.3, -0.25) is 0 Å². The van der Waals surface area contributed by atoms with E-state index >= 15 is 0 Å². The summed E-state index contributed by atoms with van der Waals surface area (Å²) in [7, 11) is 0. The van der Waals surface area contributed by atoms with Gasteiger partial charge in [0, 0.05) is 56.5 Å². The lowest BCUT2D eigenvalue weighted by Crippen LogP contribution is -2.47. The normalized spacial score (nSPS) is 18.7. The molecule has 0 unspecified atom stereocenters. The lowest BCUT2D eigenvalue weighted by Gasteiger charge is -2.34. The van der Waals surface area contributed by atoms with Crippen molar-refractivity contribution in [3.63, 3.8) is 0 Å². The van der Waals surface area contributed by atoms with Crippen LogP contribution in [0.2, 0.25) is 0 Å². The maximum absolute atomic E-state index is 5.77. The van der Waals surface area contributed by atoms with Crippen LogP contribution >= 0.6 is 35.7 Å². The van der Waals surface area contributed by atoms with Crippen molar-refractivity contribution in [1.82, 2.24) is 10.2 Å². The van der Waals surface area contributed by atoms with Gasteiger partial charge in [0.25, 0.3) is 0 Å². The highest BCUT2D eigenvalue weighted by Crippen LogP contribution is 2.20. The molecule has 1 aromatic rings. The van der Waals surface area contributed by atoms with Gasteiger partial charge in [0.2, 0.25) is 0 Å². The highest BCUT2D eigenvalue weighted by atomic mass is 127. The van der Waals surface area contributed by atoms with E-state index < -0.39 is 0 Å². The Hall–Kier alpha value is -0.670. The van der Waals surface area contributed by atoms with Crippen LogP contribution in [-0.4, -0.2) is 67.8 Å². The highest BCUT2D eigenvalue weighted by Gasteiger charge is 2.21. The second-order valence-corrected chi connectivity index (χ2v) is 8.30. The van der Waals surface area contributed by atoms with Gasteiger partial charge >= 0.3 is 0 Å². The standard InChI is InChI=1S/C21H34N4OS.HI/c1-3-22-21(25-11-9-20(10-12-25)26-4-2)23-17-18-5-7-19(8-6-18)24-13-15-27-16-14-24;/h5-8,20H,3-4,9-17H2,1-2H3,(H,22,23);1H. The minimum Gasteiger partial charge on any atom is -0.378 e. The van der Waals surface area contributed by atoms with E-state index in [-0.39, 0.29) is 24.0 Å². The number of aliphatic imine (C=N–C) groups is 1. The molecular weight excluding hydrogens is 483 g/mol. The van der Waals surface area contributed by atoms with Crippen molar-refractivity contribution in [1.29, 1.82) is 0 Å². The molecule has 2 aliphatic rings. The molecule has 0 aliphatic carbocycles. The SMILES string of the molecule is CCNC(=NCc1ccc(N2CCSCC2)cc1)N1CCC(OCC)CC1.I. The summed E-state index contributed by atoms with van der Waals surface area (Å²) in [5, 5.41) is 3.46. The number of nitrogens with zero attached hydrogens (tertiary/aromatic N) is 3. The summed E-state index contributed by atoms with van der Waals surface area (Å²) in [5.74, 6) is 3.50. The van der Waals surface area contributed by atoms with Crippen molar-refractivity contribution in [2.24, 2.45) is 4.99 Å². The third-order valence-electron chi connectivity index (χ3n) is 5.20. The van der Waals surface area contributed by atoms with E-state index in [0.29, 0.717) is 6.10 Å². The average Bonchev–Trinajstić information content (AvgIpc) is 2.73. The first-order valence-corrected chi connectivity index (χ1v) is 11.5. The van der Waals surface area contributed by atoms with E-state index in [2.05, 4.69) is 53.2 Å². The van der Waals surface area contributed by atoms with Crippen LogP contribution in [0.1, 0.15) is 32.3 Å². The summed E-state index contributed by atoms with van der Waals surface area (Å²) in [6.45, 7) is 11.0. The quantitative estimate of drug-likeness (QED) is 0.352. The number of hydrogen-bond acceptors (Lipinski definition) is 4. The van der Waals surface area contributed by atoms with Gasteiger partial charge < -0.3 is 19.9 Å². The van der Waals surface area contributed by atoms with Crippen molar-refractivity contribution in [2.45, 2.75) is 39.3 Å². The first kappa shape index (κ1) is 23.6. The van der Waals surface area contributed by atoms with E-state index in [1.165, 1.54) is 22.8 Å². The molecule has 0 radical (unpaired) electrons. The fourth-order valence-corrected chi connectivity index (χ4v) is 4.60. The zero-order valence-electron chi connectivity index (χ0n) is 17.2. The van der Waals surface area contributed by atoms with Crippen molar-refractivity contribution in [3.8, 4) is 0 Å². The van der Waals surface area contributed by atoms with E-state index in [0.717, 1.165) is 64.7 Å². The Bertz CT molecular complexity index is 585. The second kappa shape index (κ2) is 12.8. The Kier molecular flexibility index (Phi) is 10.8. The van der Waals surface area contributed by atoms with Crippen LogP contribution in [-0.2, 0) is 11.3 Å². The van der Waals surface area contributed by atoms with Gasteiger partial charge in [-0.1, -0.05) is 12.1 Å². The molecule has 5 nitrogen and oxygen atoms in total. The molecule has 0 amide bonds. The molecule has 0 bridgehead atoms. The van der Waals surface area contributed by atoms with E-state index in [9.17, 15) is 0 Å². The first-order valence-electron chi connectivity index (χ1n) is 10.4. The van der Waals surface area contributed by atoms with Crippen molar-refractivity contribution in [2.75, 3.05) is 55.7 Å². The molecule has 7 heteroatoms. The van der Waals surface area contributed by atoms with Crippen LogP contribution in [0.3, 0.4) is 0 Å². The maximum atomic E-state index is 5.77. The van der Waals surface area contributed by atoms with E-state index in [4.69, 9.17) is 9.73 Å². The molecule has 0 aromatic heterocycles. The largest absolute Gasteiger partial charge is 0.378 e. The number of nitrogens with one attached hydrogen (secondary N) is 1. The zero-order chi connectivity index (χ0) is 18.9. The molecule has 28 heavy (non-hydrogen) atoms. The van der Waals surface area contributed by atoms with Gasteiger partial charge in [-0.25, -0.2) is 4.99 Å². The second-order valence-electron chi connectivity index (χ2n) is 7.08. The fourth-order valence-electron chi connectivity index (χ4n) is 3.70. The van der Waals surface area contributed by atoms with E-state index in [1.54, 1.807) is 0 Å². The fraction of sp³-hybridized carbons (Fsp3) is 0.667. The Morgan fingerprint density at radius 1 is 1.11 bits per heavy atom. The number of hydrogen-bond donors (Lipinski definition) is 1. The first-order chi connectivity index (χ1) is 13.3. The average molecular weight is 519 g/mol. The lowest BCUT2D eigenvalue weighted by atomic mass is 10.1. The van der Waals surface area contributed by atoms with Crippen molar-refractivity contribution < 1.29 is 4.74 Å². The van der Waals surface area contributed by atoms with Crippen LogP contribution in [0.5, 0.6) is 0 Å². The molecule has 158 valence electrons.